The second-order valence-electron chi connectivity index (χ2n) is 7.23. The molecule has 1 aliphatic heterocycles. The fourth-order valence-corrected chi connectivity index (χ4v) is 4.06. The summed E-state index contributed by atoms with van der Waals surface area (Å²) in [4.78, 5) is 27.7. The lowest BCUT2D eigenvalue weighted by Crippen LogP contribution is -2.29. The SMILES string of the molecule is COc1ccc(N2C(=O)C(=O)/C(=C(\O)c3ccc(Br)cc3)C2c2ccccc2C)cc1. The number of aliphatic hydroxyl groups excluding tert-OH is 1. The van der Waals surface area contributed by atoms with Crippen molar-refractivity contribution in [2.45, 2.75) is 13.0 Å². The third-order valence-electron chi connectivity index (χ3n) is 5.40. The van der Waals surface area contributed by atoms with E-state index in [1.807, 2.05) is 31.2 Å². The van der Waals surface area contributed by atoms with E-state index in [2.05, 4.69) is 15.9 Å². The van der Waals surface area contributed by atoms with Crippen LogP contribution < -0.4 is 9.64 Å². The van der Waals surface area contributed by atoms with E-state index < -0.39 is 17.7 Å². The number of anilines is 1. The van der Waals surface area contributed by atoms with Gasteiger partial charge in [-0.05, 0) is 54.4 Å². The van der Waals surface area contributed by atoms with E-state index in [1.54, 1.807) is 55.6 Å². The second-order valence-corrected chi connectivity index (χ2v) is 8.15. The topological polar surface area (TPSA) is 66.8 Å². The molecule has 6 heteroatoms. The van der Waals surface area contributed by atoms with Crippen molar-refractivity contribution in [2.75, 3.05) is 12.0 Å². The van der Waals surface area contributed by atoms with Crippen LogP contribution in [-0.4, -0.2) is 23.9 Å². The Kier molecular flexibility index (Phi) is 5.65. The molecule has 0 spiro atoms. The first kappa shape index (κ1) is 20.9. The molecule has 0 saturated carbocycles. The molecule has 1 N–H and O–H groups in total. The van der Waals surface area contributed by atoms with Gasteiger partial charge in [-0.3, -0.25) is 14.5 Å². The summed E-state index contributed by atoms with van der Waals surface area (Å²) in [6.07, 6.45) is 0. The summed E-state index contributed by atoms with van der Waals surface area (Å²) in [5.74, 6) is -0.959. The van der Waals surface area contributed by atoms with Gasteiger partial charge >= 0.3 is 0 Å². The smallest absolute Gasteiger partial charge is 0.300 e. The van der Waals surface area contributed by atoms with Crippen molar-refractivity contribution < 1.29 is 19.4 Å². The molecular weight excluding hydrogens is 458 g/mol. The highest BCUT2D eigenvalue weighted by Crippen LogP contribution is 2.43. The number of ketones is 1. The zero-order valence-corrected chi connectivity index (χ0v) is 18.6. The average Bonchev–Trinajstić information content (AvgIpc) is 3.04. The highest BCUT2D eigenvalue weighted by atomic mass is 79.9. The summed E-state index contributed by atoms with van der Waals surface area (Å²) < 4.78 is 6.06. The van der Waals surface area contributed by atoms with Gasteiger partial charge in [-0.15, -0.1) is 0 Å². The number of benzene rings is 3. The van der Waals surface area contributed by atoms with E-state index in [1.165, 1.54) is 4.90 Å². The predicted molar refractivity (Wildman–Crippen MR) is 123 cm³/mol. The van der Waals surface area contributed by atoms with Gasteiger partial charge in [0.25, 0.3) is 11.7 Å². The molecule has 4 rings (SSSR count). The number of carbonyl (C=O) groups is 2. The molecule has 156 valence electrons. The highest BCUT2D eigenvalue weighted by Gasteiger charge is 2.47. The summed E-state index contributed by atoms with van der Waals surface area (Å²) in [6.45, 7) is 1.92. The second kappa shape index (κ2) is 8.40. The third-order valence-corrected chi connectivity index (χ3v) is 5.92. The fraction of sp³-hybridized carbons (Fsp3) is 0.120. The van der Waals surface area contributed by atoms with Crippen molar-refractivity contribution in [3.05, 3.63) is 99.5 Å². The Morgan fingerprint density at radius 3 is 2.23 bits per heavy atom. The van der Waals surface area contributed by atoms with Gasteiger partial charge in [0.15, 0.2) is 0 Å². The molecule has 5 nitrogen and oxygen atoms in total. The number of aliphatic hydroxyl groups is 1. The number of hydrogen-bond acceptors (Lipinski definition) is 4. The van der Waals surface area contributed by atoms with Crippen LogP contribution in [0.5, 0.6) is 5.75 Å². The number of amides is 1. The molecule has 1 aliphatic rings. The van der Waals surface area contributed by atoms with Gasteiger partial charge in [0.1, 0.15) is 11.5 Å². The minimum atomic E-state index is -0.752. The standard InChI is InChI=1S/C25H20BrNO4/c1-15-5-3-4-6-20(15)22-21(23(28)16-7-9-17(26)10-8-16)24(29)25(30)27(22)18-11-13-19(31-2)14-12-18/h3-14,22,28H,1-2H3/b23-21-. The van der Waals surface area contributed by atoms with Gasteiger partial charge in [-0.25, -0.2) is 0 Å². The van der Waals surface area contributed by atoms with Gasteiger partial charge in [0, 0.05) is 15.7 Å². The van der Waals surface area contributed by atoms with Crippen LogP contribution in [-0.2, 0) is 9.59 Å². The number of ether oxygens (including phenoxy) is 1. The van der Waals surface area contributed by atoms with Crippen LogP contribution >= 0.6 is 15.9 Å². The Bertz CT molecular complexity index is 1180. The van der Waals surface area contributed by atoms with Crippen molar-refractivity contribution in [2.24, 2.45) is 0 Å². The number of carbonyl (C=O) groups excluding carboxylic acids is 2. The van der Waals surface area contributed by atoms with Crippen LogP contribution in [0, 0.1) is 6.92 Å². The zero-order chi connectivity index (χ0) is 22.1. The Balaban J connectivity index is 1.94. The molecule has 31 heavy (non-hydrogen) atoms. The number of hydrogen-bond donors (Lipinski definition) is 1. The molecule has 0 bridgehead atoms. The van der Waals surface area contributed by atoms with Crippen molar-refractivity contribution in [1.29, 1.82) is 0 Å². The van der Waals surface area contributed by atoms with Gasteiger partial charge < -0.3 is 9.84 Å². The van der Waals surface area contributed by atoms with Crippen LogP contribution in [0.3, 0.4) is 0 Å². The molecule has 1 amide bonds. The lowest BCUT2D eigenvalue weighted by molar-refractivity contribution is -0.132. The molecule has 3 aromatic rings. The molecule has 0 aliphatic carbocycles. The number of rotatable bonds is 4. The average molecular weight is 478 g/mol. The molecule has 1 unspecified atom stereocenters. The van der Waals surface area contributed by atoms with Crippen LogP contribution in [0.25, 0.3) is 5.76 Å². The Hall–Kier alpha value is -3.38. The summed E-state index contributed by atoms with van der Waals surface area (Å²) >= 11 is 3.37. The molecule has 0 radical (unpaired) electrons. The van der Waals surface area contributed by atoms with E-state index in [0.29, 0.717) is 17.0 Å². The quantitative estimate of drug-likeness (QED) is 0.310. The lowest BCUT2D eigenvalue weighted by atomic mass is 9.92. The predicted octanol–water partition coefficient (Wildman–Crippen LogP) is 5.39. The molecule has 1 atom stereocenters. The van der Waals surface area contributed by atoms with E-state index in [-0.39, 0.29) is 11.3 Å². The number of methoxy groups -OCH3 is 1. The van der Waals surface area contributed by atoms with E-state index in [0.717, 1.165) is 15.6 Å². The maximum Gasteiger partial charge on any atom is 0.300 e. The van der Waals surface area contributed by atoms with E-state index >= 15 is 0 Å². The summed E-state index contributed by atoms with van der Waals surface area (Å²) in [7, 11) is 1.56. The Morgan fingerprint density at radius 1 is 0.968 bits per heavy atom. The van der Waals surface area contributed by atoms with Gasteiger partial charge in [0.05, 0.1) is 18.7 Å². The zero-order valence-electron chi connectivity index (χ0n) is 17.0. The van der Waals surface area contributed by atoms with Crippen LogP contribution in [0.15, 0.2) is 82.8 Å². The first-order valence-corrected chi connectivity index (χ1v) is 10.5. The van der Waals surface area contributed by atoms with Gasteiger partial charge in [0.2, 0.25) is 0 Å². The number of aryl methyl sites for hydroxylation is 1. The van der Waals surface area contributed by atoms with Gasteiger partial charge in [-0.2, -0.15) is 0 Å². The normalized spacial score (nSPS) is 17.8. The summed E-state index contributed by atoms with van der Waals surface area (Å²) in [5, 5.41) is 11.1. The van der Waals surface area contributed by atoms with Crippen molar-refractivity contribution >= 4 is 39.1 Å². The number of Topliss-reactive ketones (excluding diaryl/α,β-unsaturated/α-hetero) is 1. The monoisotopic (exact) mass is 477 g/mol. The Labute approximate surface area is 188 Å². The minimum absolute atomic E-state index is 0.0671. The maximum absolute atomic E-state index is 13.1. The van der Waals surface area contributed by atoms with Crippen molar-refractivity contribution in [3.8, 4) is 5.75 Å². The molecular formula is C25H20BrNO4. The molecule has 1 saturated heterocycles. The number of halogens is 1. The van der Waals surface area contributed by atoms with Gasteiger partial charge in [-0.1, -0.05) is 52.3 Å². The largest absolute Gasteiger partial charge is 0.507 e. The minimum Gasteiger partial charge on any atom is -0.507 e. The lowest BCUT2D eigenvalue weighted by Gasteiger charge is -2.26. The molecule has 0 aromatic heterocycles. The maximum atomic E-state index is 13.1. The fourth-order valence-electron chi connectivity index (χ4n) is 3.79. The molecule has 1 fully saturated rings. The van der Waals surface area contributed by atoms with Crippen LogP contribution in [0.2, 0.25) is 0 Å². The summed E-state index contributed by atoms with van der Waals surface area (Å²) in [5.41, 5.74) is 2.77. The molecule has 3 aromatic carbocycles. The Morgan fingerprint density at radius 2 is 1.61 bits per heavy atom. The first-order chi connectivity index (χ1) is 14.9. The van der Waals surface area contributed by atoms with E-state index in [9.17, 15) is 14.7 Å². The summed E-state index contributed by atoms with van der Waals surface area (Å²) in [6, 6.07) is 20.7. The van der Waals surface area contributed by atoms with E-state index in [4.69, 9.17) is 4.74 Å². The highest BCUT2D eigenvalue weighted by molar-refractivity contribution is 9.10. The molecule has 1 heterocycles. The van der Waals surface area contributed by atoms with Crippen molar-refractivity contribution in [3.63, 3.8) is 0 Å². The van der Waals surface area contributed by atoms with Crippen LogP contribution in [0.4, 0.5) is 5.69 Å². The third kappa shape index (κ3) is 3.75. The first-order valence-electron chi connectivity index (χ1n) is 9.69. The number of nitrogens with zero attached hydrogens (tertiary/aromatic N) is 1. The van der Waals surface area contributed by atoms with Crippen molar-refractivity contribution in [1.82, 2.24) is 0 Å². The van der Waals surface area contributed by atoms with Crippen LogP contribution in [0.1, 0.15) is 22.7 Å².